The molecule has 0 saturated carbocycles. The summed E-state index contributed by atoms with van der Waals surface area (Å²) >= 11 is 5.13. The largest absolute Gasteiger partial charge is 0.358 e. The quantitative estimate of drug-likeness (QED) is 0.816. The zero-order valence-corrected chi connectivity index (χ0v) is 10.3. The molecule has 0 aliphatic heterocycles. The van der Waals surface area contributed by atoms with Crippen LogP contribution in [0.1, 0.15) is 11.3 Å². The fourth-order valence-electron chi connectivity index (χ4n) is 1.36. The molecule has 0 aliphatic carbocycles. The van der Waals surface area contributed by atoms with Crippen LogP contribution in [0, 0.1) is 6.92 Å². The zero-order valence-electron chi connectivity index (χ0n) is 9.43. The van der Waals surface area contributed by atoms with Gasteiger partial charge in [0.15, 0.2) is 5.11 Å². The van der Waals surface area contributed by atoms with Crippen molar-refractivity contribution in [2.24, 2.45) is 0 Å². The number of nitrogens with zero attached hydrogens (tertiary/aromatic N) is 1. The third kappa shape index (κ3) is 3.57. The van der Waals surface area contributed by atoms with Crippen molar-refractivity contribution in [1.82, 2.24) is 10.5 Å². The van der Waals surface area contributed by atoms with E-state index in [-0.39, 0.29) is 0 Å². The van der Waals surface area contributed by atoms with E-state index in [1.165, 1.54) is 5.56 Å². The number of aryl methyl sites for hydroxylation is 1. The van der Waals surface area contributed by atoms with Crippen LogP contribution >= 0.6 is 12.2 Å². The molecular weight excluding hydrogens is 234 g/mol. The van der Waals surface area contributed by atoms with Crippen LogP contribution in [-0.4, -0.2) is 10.3 Å². The molecule has 0 atom stereocenters. The van der Waals surface area contributed by atoms with Gasteiger partial charge >= 0.3 is 0 Å². The molecule has 2 rings (SSSR count). The van der Waals surface area contributed by atoms with Crippen LogP contribution in [0.3, 0.4) is 0 Å². The van der Waals surface area contributed by atoms with E-state index in [0.717, 1.165) is 5.69 Å². The van der Waals surface area contributed by atoms with Gasteiger partial charge in [0.25, 0.3) is 0 Å². The van der Waals surface area contributed by atoms with Crippen molar-refractivity contribution in [3.63, 3.8) is 0 Å². The summed E-state index contributed by atoms with van der Waals surface area (Å²) in [4.78, 5) is 0. The number of hydrogen-bond donors (Lipinski definition) is 2. The Bertz CT molecular complexity index is 495. The molecule has 0 fully saturated rings. The Morgan fingerprint density at radius 1 is 1.35 bits per heavy atom. The average molecular weight is 247 g/mol. The topological polar surface area (TPSA) is 50.1 Å². The predicted octanol–water partition coefficient (Wildman–Crippen LogP) is 2.47. The van der Waals surface area contributed by atoms with E-state index in [0.29, 0.717) is 17.5 Å². The Kier molecular flexibility index (Phi) is 3.72. The predicted molar refractivity (Wildman–Crippen MR) is 70.7 cm³/mol. The highest BCUT2D eigenvalue weighted by Gasteiger charge is 2.02. The summed E-state index contributed by atoms with van der Waals surface area (Å²) in [5.74, 6) is 0.549. The van der Waals surface area contributed by atoms with Gasteiger partial charge in [0.05, 0.1) is 5.69 Å². The lowest BCUT2D eigenvalue weighted by Crippen LogP contribution is -2.27. The fraction of sp³-hybridized carbons (Fsp3) is 0.167. The maximum Gasteiger partial charge on any atom is 0.231 e. The van der Waals surface area contributed by atoms with Gasteiger partial charge in [-0.25, -0.2) is 0 Å². The lowest BCUT2D eigenvalue weighted by Gasteiger charge is -2.07. The monoisotopic (exact) mass is 247 g/mol. The van der Waals surface area contributed by atoms with Gasteiger partial charge in [-0.15, -0.1) is 0 Å². The third-order valence-electron chi connectivity index (χ3n) is 2.16. The van der Waals surface area contributed by atoms with Gasteiger partial charge in [0.1, 0.15) is 0 Å². The number of anilines is 1. The number of benzene rings is 1. The summed E-state index contributed by atoms with van der Waals surface area (Å²) < 4.78 is 5.00. The SMILES string of the molecule is Cc1cc(NC(=S)NCc2ccccc2)on1. The summed E-state index contributed by atoms with van der Waals surface area (Å²) in [6, 6.07) is 11.8. The van der Waals surface area contributed by atoms with E-state index in [1.54, 1.807) is 6.07 Å². The molecule has 0 radical (unpaired) electrons. The minimum absolute atomic E-state index is 0.519. The first-order valence-corrected chi connectivity index (χ1v) is 5.67. The van der Waals surface area contributed by atoms with E-state index < -0.39 is 0 Å². The van der Waals surface area contributed by atoms with Crippen molar-refractivity contribution >= 4 is 23.2 Å². The second kappa shape index (κ2) is 5.45. The molecule has 2 aromatic rings. The number of aromatic nitrogens is 1. The molecule has 0 amide bonds. The van der Waals surface area contributed by atoms with Crippen LogP contribution in [0.4, 0.5) is 5.88 Å². The van der Waals surface area contributed by atoms with Crippen molar-refractivity contribution in [2.45, 2.75) is 13.5 Å². The molecule has 2 N–H and O–H groups in total. The molecule has 1 aromatic heterocycles. The van der Waals surface area contributed by atoms with Crippen LogP contribution in [0.15, 0.2) is 40.9 Å². The molecule has 0 saturated heterocycles. The molecule has 1 aromatic carbocycles. The lowest BCUT2D eigenvalue weighted by molar-refractivity contribution is 0.430. The minimum Gasteiger partial charge on any atom is -0.358 e. The van der Waals surface area contributed by atoms with Crippen molar-refractivity contribution < 1.29 is 4.52 Å². The van der Waals surface area contributed by atoms with Gasteiger partial charge in [0, 0.05) is 12.6 Å². The van der Waals surface area contributed by atoms with E-state index in [1.807, 2.05) is 37.3 Å². The van der Waals surface area contributed by atoms with Crippen LogP contribution in [0.2, 0.25) is 0 Å². The smallest absolute Gasteiger partial charge is 0.231 e. The minimum atomic E-state index is 0.519. The Labute approximate surface area is 105 Å². The van der Waals surface area contributed by atoms with Crippen LogP contribution in [-0.2, 0) is 6.54 Å². The number of hydrogen-bond acceptors (Lipinski definition) is 3. The lowest BCUT2D eigenvalue weighted by atomic mass is 10.2. The Morgan fingerprint density at radius 3 is 2.76 bits per heavy atom. The van der Waals surface area contributed by atoms with Crippen molar-refractivity contribution in [3.8, 4) is 0 Å². The van der Waals surface area contributed by atoms with E-state index >= 15 is 0 Å². The first-order chi connectivity index (χ1) is 8.24. The van der Waals surface area contributed by atoms with E-state index in [9.17, 15) is 0 Å². The average Bonchev–Trinajstić information content (AvgIpc) is 2.73. The Morgan fingerprint density at radius 2 is 2.12 bits per heavy atom. The second-order valence-electron chi connectivity index (χ2n) is 3.63. The van der Waals surface area contributed by atoms with Gasteiger partial charge in [-0.05, 0) is 24.7 Å². The first-order valence-electron chi connectivity index (χ1n) is 5.26. The highest BCUT2D eigenvalue weighted by Crippen LogP contribution is 2.07. The summed E-state index contributed by atoms with van der Waals surface area (Å²) in [5, 5.41) is 10.3. The molecular formula is C12H13N3OS. The first kappa shape index (κ1) is 11.6. The molecule has 4 nitrogen and oxygen atoms in total. The highest BCUT2D eigenvalue weighted by molar-refractivity contribution is 7.80. The number of thiocarbonyl (C=S) groups is 1. The second-order valence-corrected chi connectivity index (χ2v) is 4.03. The van der Waals surface area contributed by atoms with E-state index in [2.05, 4.69) is 15.8 Å². The van der Waals surface area contributed by atoms with Crippen molar-refractivity contribution in [1.29, 1.82) is 0 Å². The summed E-state index contributed by atoms with van der Waals surface area (Å²) in [6.45, 7) is 2.54. The standard InChI is InChI=1S/C12H13N3OS/c1-9-7-11(16-15-9)14-12(17)13-8-10-5-3-2-4-6-10/h2-7H,8H2,1H3,(H2,13,14,17). The summed E-state index contributed by atoms with van der Waals surface area (Å²) in [6.07, 6.45) is 0. The normalized spacial score (nSPS) is 9.94. The molecule has 5 heteroatoms. The Hall–Kier alpha value is -1.88. The van der Waals surface area contributed by atoms with Gasteiger partial charge in [-0.1, -0.05) is 35.5 Å². The molecule has 0 spiro atoms. The molecule has 88 valence electrons. The molecule has 17 heavy (non-hydrogen) atoms. The van der Waals surface area contributed by atoms with Gasteiger partial charge in [0.2, 0.25) is 5.88 Å². The fourth-order valence-corrected chi connectivity index (χ4v) is 1.53. The van der Waals surface area contributed by atoms with E-state index in [4.69, 9.17) is 16.7 Å². The van der Waals surface area contributed by atoms with Crippen molar-refractivity contribution in [2.75, 3.05) is 5.32 Å². The molecule has 1 heterocycles. The Balaban J connectivity index is 1.82. The van der Waals surface area contributed by atoms with Gasteiger partial charge in [-0.3, -0.25) is 0 Å². The summed E-state index contributed by atoms with van der Waals surface area (Å²) in [7, 11) is 0. The van der Waals surface area contributed by atoms with Gasteiger partial charge < -0.3 is 15.2 Å². The maximum absolute atomic E-state index is 5.13. The zero-order chi connectivity index (χ0) is 12.1. The van der Waals surface area contributed by atoms with Crippen LogP contribution in [0.25, 0.3) is 0 Å². The van der Waals surface area contributed by atoms with Gasteiger partial charge in [-0.2, -0.15) is 0 Å². The highest BCUT2D eigenvalue weighted by atomic mass is 32.1. The maximum atomic E-state index is 5.13. The molecule has 0 aliphatic rings. The number of nitrogens with one attached hydrogen (secondary N) is 2. The van der Waals surface area contributed by atoms with Crippen LogP contribution < -0.4 is 10.6 Å². The molecule has 0 unspecified atom stereocenters. The van der Waals surface area contributed by atoms with Crippen molar-refractivity contribution in [3.05, 3.63) is 47.7 Å². The molecule has 0 bridgehead atoms. The summed E-state index contributed by atoms with van der Waals surface area (Å²) in [5.41, 5.74) is 1.99. The number of rotatable bonds is 3. The third-order valence-corrected chi connectivity index (χ3v) is 2.41. The van der Waals surface area contributed by atoms with Crippen LogP contribution in [0.5, 0.6) is 0 Å².